The summed E-state index contributed by atoms with van der Waals surface area (Å²) >= 11 is 0. The Bertz CT molecular complexity index is 538. The normalized spacial score (nSPS) is 12.3. The first-order chi connectivity index (χ1) is 9.67. The fraction of sp³-hybridized carbons (Fsp3) is 0.467. The summed E-state index contributed by atoms with van der Waals surface area (Å²) in [5, 5.41) is 3.50. The molecule has 2 heterocycles. The second kappa shape index (κ2) is 7.05. The van der Waals surface area contributed by atoms with E-state index in [2.05, 4.69) is 28.4 Å². The van der Waals surface area contributed by atoms with E-state index in [1.807, 2.05) is 36.1 Å². The summed E-state index contributed by atoms with van der Waals surface area (Å²) in [5.41, 5.74) is 2.16. The third-order valence-electron chi connectivity index (χ3n) is 3.14. The highest BCUT2D eigenvalue weighted by atomic mass is 16.5. The molecule has 2 aromatic rings. The summed E-state index contributed by atoms with van der Waals surface area (Å²) in [6.07, 6.45) is 5.71. The molecule has 0 amide bonds. The first-order valence-corrected chi connectivity index (χ1v) is 6.87. The monoisotopic (exact) mass is 274 g/mol. The van der Waals surface area contributed by atoms with Crippen molar-refractivity contribution in [2.24, 2.45) is 7.05 Å². The molecule has 0 saturated heterocycles. The standard InChI is InChI=1S/C15H22N4O/c1-12(9-13-5-4-6-15(18-13)20-3)16-8-7-14-10-19(2)11-17-14/h4-6,10-12,16H,7-9H2,1-3H3. The van der Waals surface area contributed by atoms with Crippen LogP contribution in [-0.2, 0) is 19.9 Å². The molecule has 0 saturated carbocycles. The van der Waals surface area contributed by atoms with E-state index in [4.69, 9.17) is 4.74 Å². The molecule has 0 radical (unpaired) electrons. The van der Waals surface area contributed by atoms with Crippen molar-refractivity contribution in [3.05, 3.63) is 42.1 Å². The van der Waals surface area contributed by atoms with Crippen LogP contribution in [0.25, 0.3) is 0 Å². The van der Waals surface area contributed by atoms with Gasteiger partial charge in [-0.2, -0.15) is 0 Å². The highest BCUT2D eigenvalue weighted by Gasteiger charge is 2.05. The van der Waals surface area contributed by atoms with Gasteiger partial charge in [0, 0.05) is 50.4 Å². The Labute approximate surface area is 120 Å². The van der Waals surface area contributed by atoms with Crippen LogP contribution in [0.15, 0.2) is 30.7 Å². The van der Waals surface area contributed by atoms with E-state index in [0.29, 0.717) is 11.9 Å². The number of aryl methyl sites for hydroxylation is 1. The van der Waals surface area contributed by atoms with E-state index in [-0.39, 0.29) is 0 Å². The van der Waals surface area contributed by atoms with Gasteiger partial charge in [-0.15, -0.1) is 0 Å². The Balaban J connectivity index is 1.75. The minimum Gasteiger partial charge on any atom is -0.481 e. The van der Waals surface area contributed by atoms with Crippen molar-refractivity contribution in [1.29, 1.82) is 0 Å². The lowest BCUT2D eigenvalue weighted by molar-refractivity contribution is 0.395. The molecule has 1 N–H and O–H groups in total. The quantitative estimate of drug-likeness (QED) is 0.833. The van der Waals surface area contributed by atoms with Crippen molar-refractivity contribution in [3.63, 3.8) is 0 Å². The fourth-order valence-electron chi connectivity index (χ4n) is 2.11. The van der Waals surface area contributed by atoms with Gasteiger partial charge in [-0.3, -0.25) is 0 Å². The van der Waals surface area contributed by atoms with E-state index in [1.165, 1.54) is 0 Å². The van der Waals surface area contributed by atoms with Crippen LogP contribution < -0.4 is 10.1 Å². The molecule has 20 heavy (non-hydrogen) atoms. The van der Waals surface area contributed by atoms with Crippen LogP contribution in [0.1, 0.15) is 18.3 Å². The van der Waals surface area contributed by atoms with Gasteiger partial charge in [0.25, 0.3) is 0 Å². The highest BCUT2D eigenvalue weighted by molar-refractivity contribution is 5.16. The highest BCUT2D eigenvalue weighted by Crippen LogP contribution is 2.08. The molecule has 0 aliphatic carbocycles. The lowest BCUT2D eigenvalue weighted by Gasteiger charge is -2.13. The second-order valence-corrected chi connectivity index (χ2v) is 5.01. The van der Waals surface area contributed by atoms with Crippen molar-refractivity contribution in [2.45, 2.75) is 25.8 Å². The smallest absolute Gasteiger partial charge is 0.213 e. The number of nitrogens with zero attached hydrogens (tertiary/aromatic N) is 3. The summed E-state index contributed by atoms with van der Waals surface area (Å²) in [4.78, 5) is 8.74. The zero-order valence-corrected chi connectivity index (χ0v) is 12.3. The van der Waals surface area contributed by atoms with Gasteiger partial charge in [-0.1, -0.05) is 6.07 Å². The molecule has 0 aromatic carbocycles. The Morgan fingerprint density at radius 2 is 2.20 bits per heavy atom. The molecule has 0 aliphatic heterocycles. The molecular weight excluding hydrogens is 252 g/mol. The third-order valence-corrected chi connectivity index (χ3v) is 3.14. The maximum atomic E-state index is 5.14. The number of hydrogen-bond donors (Lipinski definition) is 1. The molecular formula is C15H22N4O. The van der Waals surface area contributed by atoms with Crippen LogP contribution >= 0.6 is 0 Å². The number of nitrogens with one attached hydrogen (secondary N) is 1. The number of imidazole rings is 1. The van der Waals surface area contributed by atoms with Gasteiger partial charge in [-0.05, 0) is 13.0 Å². The lowest BCUT2D eigenvalue weighted by Crippen LogP contribution is -2.30. The minimum atomic E-state index is 0.373. The van der Waals surface area contributed by atoms with Gasteiger partial charge in [0.2, 0.25) is 5.88 Å². The predicted octanol–water partition coefficient (Wildman–Crippen LogP) is 1.59. The van der Waals surface area contributed by atoms with E-state index in [0.717, 1.165) is 30.8 Å². The van der Waals surface area contributed by atoms with Crippen LogP contribution in [0.5, 0.6) is 5.88 Å². The molecule has 108 valence electrons. The number of rotatable bonds is 7. The number of ether oxygens (including phenoxy) is 1. The molecule has 0 bridgehead atoms. The van der Waals surface area contributed by atoms with Gasteiger partial charge in [0.1, 0.15) is 0 Å². The van der Waals surface area contributed by atoms with Crippen LogP contribution in [0.4, 0.5) is 0 Å². The average Bonchev–Trinajstić information content (AvgIpc) is 2.84. The molecule has 2 aromatic heterocycles. The van der Waals surface area contributed by atoms with E-state index in [1.54, 1.807) is 7.11 Å². The summed E-state index contributed by atoms with van der Waals surface area (Å²) in [7, 11) is 3.63. The summed E-state index contributed by atoms with van der Waals surface area (Å²) in [6, 6.07) is 6.24. The molecule has 0 spiro atoms. The first kappa shape index (κ1) is 14.5. The lowest BCUT2D eigenvalue weighted by atomic mass is 10.1. The van der Waals surface area contributed by atoms with Crippen molar-refractivity contribution in [3.8, 4) is 5.88 Å². The Kier molecular flexibility index (Phi) is 5.12. The minimum absolute atomic E-state index is 0.373. The molecule has 1 atom stereocenters. The van der Waals surface area contributed by atoms with Crippen molar-refractivity contribution in [1.82, 2.24) is 19.9 Å². The molecule has 0 fully saturated rings. The maximum Gasteiger partial charge on any atom is 0.213 e. The number of pyridine rings is 1. The van der Waals surface area contributed by atoms with Crippen LogP contribution in [0.2, 0.25) is 0 Å². The Morgan fingerprint density at radius 1 is 1.35 bits per heavy atom. The van der Waals surface area contributed by atoms with Crippen molar-refractivity contribution < 1.29 is 4.74 Å². The van der Waals surface area contributed by atoms with E-state index in [9.17, 15) is 0 Å². The molecule has 2 rings (SSSR count). The van der Waals surface area contributed by atoms with Crippen molar-refractivity contribution in [2.75, 3.05) is 13.7 Å². The molecule has 1 unspecified atom stereocenters. The van der Waals surface area contributed by atoms with Crippen LogP contribution in [0.3, 0.4) is 0 Å². The summed E-state index contributed by atoms with van der Waals surface area (Å²) in [5.74, 6) is 0.670. The van der Waals surface area contributed by atoms with E-state index >= 15 is 0 Å². The van der Waals surface area contributed by atoms with Crippen LogP contribution in [0, 0.1) is 0 Å². The summed E-state index contributed by atoms with van der Waals surface area (Å²) in [6.45, 7) is 3.09. The summed E-state index contributed by atoms with van der Waals surface area (Å²) < 4.78 is 7.11. The SMILES string of the molecule is COc1cccc(CC(C)NCCc2cn(C)cn2)n1. The Hall–Kier alpha value is -1.88. The number of aromatic nitrogens is 3. The predicted molar refractivity (Wildman–Crippen MR) is 78.9 cm³/mol. The molecule has 0 aliphatic rings. The first-order valence-electron chi connectivity index (χ1n) is 6.87. The average molecular weight is 274 g/mol. The topological polar surface area (TPSA) is 52.0 Å². The third kappa shape index (κ3) is 4.35. The van der Waals surface area contributed by atoms with Gasteiger partial charge in [0.15, 0.2) is 0 Å². The van der Waals surface area contributed by atoms with Gasteiger partial charge in [-0.25, -0.2) is 9.97 Å². The Morgan fingerprint density at radius 3 is 2.90 bits per heavy atom. The van der Waals surface area contributed by atoms with Gasteiger partial charge < -0.3 is 14.6 Å². The van der Waals surface area contributed by atoms with E-state index < -0.39 is 0 Å². The second-order valence-electron chi connectivity index (χ2n) is 5.01. The van der Waals surface area contributed by atoms with Crippen LogP contribution in [-0.4, -0.2) is 34.2 Å². The number of methoxy groups -OCH3 is 1. The van der Waals surface area contributed by atoms with Gasteiger partial charge >= 0.3 is 0 Å². The zero-order chi connectivity index (χ0) is 14.4. The molecule has 5 heteroatoms. The molecule has 5 nitrogen and oxygen atoms in total. The largest absolute Gasteiger partial charge is 0.481 e. The van der Waals surface area contributed by atoms with Gasteiger partial charge in [0.05, 0.1) is 19.1 Å². The zero-order valence-electron chi connectivity index (χ0n) is 12.3. The number of hydrogen-bond acceptors (Lipinski definition) is 4. The van der Waals surface area contributed by atoms with Crippen molar-refractivity contribution >= 4 is 0 Å². The fourth-order valence-corrected chi connectivity index (χ4v) is 2.11. The maximum absolute atomic E-state index is 5.14.